The van der Waals surface area contributed by atoms with E-state index < -0.39 is 6.10 Å². The van der Waals surface area contributed by atoms with Crippen LogP contribution in [0.4, 0.5) is 0 Å². The molecule has 1 unspecified atom stereocenters. The van der Waals surface area contributed by atoms with E-state index in [9.17, 15) is 5.11 Å². The van der Waals surface area contributed by atoms with Gasteiger partial charge in [-0.2, -0.15) is 0 Å². The summed E-state index contributed by atoms with van der Waals surface area (Å²) < 4.78 is 5.61. The third-order valence-electron chi connectivity index (χ3n) is 3.79. The molecule has 0 saturated carbocycles. The summed E-state index contributed by atoms with van der Waals surface area (Å²) in [5, 5.41) is 13.4. The molecule has 2 N–H and O–H groups in total. The summed E-state index contributed by atoms with van der Waals surface area (Å²) in [5.41, 5.74) is 1.17. The number of ether oxygens (including phenoxy) is 1. The van der Waals surface area contributed by atoms with Gasteiger partial charge in [0.25, 0.3) is 0 Å². The number of aliphatic hydroxyl groups excluding tert-OH is 1. The molecule has 1 aliphatic rings. The van der Waals surface area contributed by atoms with Crippen LogP contribution in [-0.2, 0) is 0 Å². The number of hydrogen-bond acceptors (Lipinski definition) is 4. The van der Waals surface area contributed by atoms with E-state index in [0.29, 0.717) is 19.2 Å². The first kappa shape index (κ1) is 15.3. The summed E-state index contributed by atoms with van der Waals surface area (Å²) in [7, 11) is 2.15. The lowest BCUT2D eigenvalue weighted by Gasteiger charge is -2.30. The molecule has 1 aliphatic heterocycles. The molecule has 112 valence electrons. The van der Waals surface area contributed by atoms with Gasteiger partial charge in [-0.1, -0.05) is 12.1 Å². The highest BCUT2D eigenvalue weighted by atomic mass is 16.5. The van der Waals surface area contributed by atoms with Gasteiger partial charge in [0.2, 0.25) is 0 Å². The second-order valence-electron chi connectivity index (χ2n) is 5.77. The van der Waals surface area contributed by atoms with Gasteiger partial charge in [-0.25, -0.2) is 0 Å². The Kier molecular flexibility index (Phi) is 5.83. The van der Waals surface area contributed by atoms with Gasteiger partial charge >= 0.3 is 0 Å². The van der Waals surface area contributed by atoms with Gasteiger partial charge in [0.05, 0.1) is 0 Å². The molecule has 0 spiro atoms. The minimum Gasteiger partial charge on any atom is -0.491 e. The highest BCUT2D eigenvalue weighted by molar-refractivity contribution is 5.27. The molecule has 1 heterocycles. The number of benzene rings is 1. The monoisotopic (exact) mass is 278 g/mol. The van der Waals surface area contributed by atoms with E-state index in [1.807, 2.05) is 31.2 Å². The van der Waals surface area contributed by atoms with Crippen molar-refractivity contribution in [3.63, 3.8) is 0 Å². The first-order valence-corrected chi connectivity index (χ1v) is 7.43. The van der Waals surface area contributed by atoms with Gasteiger partial charge in [0.1, 0.15) is 18.5 Å². The molecular formula is C16H26N2O2. The first-order valence-electron chi connectivity index (χ1n) is 7.43. The Hall–Kier alpha value is -1.10. The van der Waals surface area contributed by atoms with Crippen molar-refractivity contribution in [3.8, 4) is 5.75 Å². The Bertz CT molecular complexity index is 403. The second kappa shape index (κ2) is 7.62. The molecule has 2 rings (SSSR count). The van der Waals surface area contributed by atoms with Gasteiger partial charge in [0, 0.05) is 12.6 Å². The van der Waals surface area contributed by atoms with Crippen molar-refractivity contribution < 1.29 is 9.84 Å². The SMILES string of the molecule is Cc1cccc(OCC(O)CNC2CCN(C)CC2)c1. The molecule has 0 amide bonds. The van der Waals surface area contributed by atoms with Crippen LogP contribution in [0.25, 0.3) is 0 Å². The lowest BCUT2D eigenvalue weighted by molar-refractivity contribution is 0.0995. The van der Waals surface area contributed by atoms with Crippen molar-refractivity contribution in [2.45, 2.75) is 31.9 Å². The minimum atomic E-state index is -0.463. The van der Waals surface area contributed by atoms with E-state index in [-0.39, 0.29) is 0 Å². The number of rotatable bonds is 6. The molecule has 20 heavy (non-hydrogen) atoms. The average Bonchev–Trinajstić information content (AvgIpc) is 2.45. The summed E-state index contributed by atoms with van der Waals surface area (Å²) in [4.78, 5) is 2.34. The van der Waals surface area contributed by atoms with Crippen molar-refractivity contribution in [1.29, 1.82) is 0 Å². The molecular weight excluding hydrogens is 252 g/mol. The Morgan fingerprint density at radius 3 is 2.85 bits per heavy atom. The van der Waals surface area contributed by atoms with E-state index in [2.05, 4.69) is 17.3 Å². The van der Waals surface area contributed by atoms with E-state index in [0.717, 1.165) is 31.7 Å². The second-order valence-corrected chi connectivity index (χ2v) is 5.77. The van der Waals surface area contributed by atoms with Crippen molar-refractivity contribution >= 4 is 0 Å². The molecule has 0 bridgehead atoms. The first-order chi connectivity index (χ1) is 9.63. The standard InChI is InChI=1S/C16H26N2O2/c1-13-4-3-5-16(10-13)20-12-15(19)11-17-14-6-8-18(2)9-7-14/h3-5,10,14-15,17,19H,6-9,11-12H2,1-2H3. The maximum absolute atomic E-state index is 9.96. The zero-order valence-corrected chi connectivity index (χ0v) is 12.5. The number of piperidine rings is 1. The maximum atomic E-state index is 9.96. The van der Waals surface area contributed by atoms with Crippen LogP contribution in [-0.4, -0.2) is 55.4 Å². The third-order valence-corrected chi connectivity index (χ3v) is 3.79. The van der Waals surface area contributed by atoms with E-state index in [1.165, 1.54) is 5.56 Å². The maximum Gasteiger partial charge on any atom is 0.119 e. The predicted molar refractivity (Wildman–Crippen MR) is 81.2 cm³/mol. The molecule has 0 aliphatic carbocycles. The number of likely N-dealkylation sites (tertiary alicyclic amines) is 1. The predicted octanol–water partition coefficient (Wildman–Crippen LogP) is 1.42. The smallest absolute Gasteiger partial charge is 0.119 e. The van der Waals surface area contributed by atoms with Gasteiger partial charge in [-0.15, -0.1) is 0 Å². The Morgan fingerprint density at radius 2 is 2.15 bits per heavy atom. The average molecular weight is 278 g/mol. The molecule has 1 fully saturated rings. The summed E-state index contributed by atoms with van der Waals surface area (Å²) in [5.74, 6) is 0.823. The number of nitrogens with one attached hydrogen (secondary N) is 1. The molecule has 1 saturated heterocycles. The largest absolute Gasteiger partial charge is 0.491 e. The normalized spacial score (nSPS) is 18.9. The highest BCUT2D eigenvalue weighted by Gasteiger charge is 2.17. The van der Waals surface area contributed by atoms with Crippen molar-refractivity contribution in [2.24, 2.45) is 0 Å². The Balaban J connectivity index is 1.64. The van der Waals surface area contributed by atoms with Crippen molar-refractivity contribution in [2.75, 3.05) is 33.3 Å². The van der Waals surface area contributed by atoms with Crippen molar-refractivity contribution in [1.82, 2.24) is 10.2 Å². The highest BCUT2D eigenvalue weighted by Crippen LogP contribution is 2.12. The summed E-state index contributed by atoms with van der Waals surface area (Å²) in [6.45, 7) is 5.23. The van der Waals surface area contributed by atoms with Crippen LogP contribution in [0, 0.1) is 6.92 Å². The molecule has 1 aromatic rings. The Morgan fingerprint density at radius 1 is 1.40 bits per heavy atom. The van der Waals surface area contributed by atoms with E-state index in [1.54, 1.807) is 0 Å². The Labute approximate surface area is 121 Å². The van der Waals surface area contributed by atoms with Gasteiger partial charge < -0.3 is 20.1 Å². The zero-order chi connectivity index (χ0) is 14.4. The zero-order valence-electron chi connectivity index (χ0n) is 12.5. The summed E-state index contributed by atoms with van der Waals surface area (Å²) >= 11 is 0. The van der Waals surface area contributed by atoms with Crippen LogP contribution in [0.1, 0.15) is 18.4 Å². The van der Waals surface area contributed by atoms with Gasteiger partial charge in [-0.3, -0.25) is 0 Å². The van der Waals surface area contributed by atoms with E-state index in [4.69, 9.17) is 4.74 Å². The fourth-order valence-corrected chi connectivity index (χ4v) is 2.47. The van der Waals surface area contributed by atoms with Crippen LogP contribution in [0.2, 0.25) is 0 Å². The molecule has 0 aromatic heterocycles. The van der Waals surface area contributed by atoms with Gasteiger partial charge in [-0.05, 0) is 57.6 Å². The van der Waals surface area contributed by atoms with Crippen LogP contribution >= 0.6 is 0 Å². The lowest BCUT2D eigenvalue weighted by Crippen LogP contribution is -2.44. The minimum absolute atomic E-state index is 0.336. The fourth-order valence-electron chi connectivity index (χ4n) is 2.47. The van der Waals surface area contributed by atoms with Crippen LogP contribution in [0.15, 0.2) is 24.3 Å². The van der Waals surface area contributed by atoms with Crippen molar-refractivity contribution in [3.05, 3.63) is 29.8 Å². The van der Waals surface area contributed by atoms with Gasteiger partial charge in [0.15, 0.2) is 0 Å². The molecule has 0 radical (unpaired) electrons. The van der Waals surface area contributed by atoms with Crippen LogP contribution in [0.5, 0.6) is 5.75 Å². The number of nitrogens with zero attached hydrogens (tertiary/aromatic N) is 1. The number of aryl methyl sites for hydroxylation is 1. The van der Waals surface area contributed by atoms with Crippen LogP contribution in [0.3, 0.4) is 0 Å². The number of aliphatic hydroxyl groups is 1. The third kappa shape index (κ3) is 5.12. The van der Waals surface area contributed by atoms with Crippen LogP contribution < -0.4 is 10.1 Å². The molecule has 4 nitrogen and oxygen atoms in total. The topological polar surface area (TPSA) is 44.7 Å². The molecule has 1 atom stereocenters. The summed E-state index contributed by atoms with van der Waals surface area (Å²) in [6, 6.07) is 8.43. The molecule has 4 heteroatoms. The molecule has 1 aromatic carbocycles. The number of hydrogen-bond donors (Lipinski definition) is 2. The van der Waals surface area contributed by atoms with E-state index >= 15 is 0 Å². The summed E-state index contributed by atoms with van der Waals surface area (Å²) in [6.07, 6.45) is 1.85. The lowest BCUT2D eigenvalue weighted by atomic mass is 10.1. The quantitative estimate of drug-likeness (QED) is 0.826. The fraction of sp³-hybridized carbons (Fsp3) is 0.625.